The maximum Gasteiger partial charge on any atom is 0.407 e. The van der Waals surface area contributed by atoms with Gasteiger partial charge in [-0.05, 0) is 45.0 Å². The van der Waals surface area contributed by atoms with Crippen LogP contribution in [0, 0.1) is 5.82 Å². The lowest BCUT2D eigenvalue weighted by Crippen LogP contribution is -2.56. The molecule has 6 nitrogen and oxygen atoms in total. The van der Waals surface area contributed by atoms with Gasteiger partial charge in [0.25, 0.3) is 5.92 Å². The summed E-state index contributed by atoms with van der Waals surface area (Å²) in [6.45, 7) is 5.41. The number of carbonyl (C=O) groups excluding carboxylic acids is 1. The number of likely N-dealkylation sites (tertiary alicyclic amines) is 1. The van der Waals surface area contributed by atoms with Crippen LogP contribution >= 0.6 is 0 Å². The fourth-order valence-electron chi connectivity index (χ4n) is 4.02. The fraction of sp³-hybridized carbons (Fsp3) is 0.667. The summed E-state index contributed by atoms with van der Waals surface area (Å²) in [7, 11) is 0. The van der Waals surface area contributed by atoms with Gasteiger partial charge in [-0.2, -0.15) is 0 Å². The molecule has 9 heteroatoms. The van der Waals surface area contributed by atoms with Gasteiger partial charge in [0.1, 0.15) is 29.4 Å². The van der Waals surface area contributed by atoms with Gasteiger partial charge < -0.3 is 19.9 Å². The topological polar surface area (TPSA) is 71.0 Å². The van der Waals surface area contributed by atoms with E-state index in [0.717, 1.165) is 0 Å². The number of hydrogen-bond donors (Lipinski definition) is 2. The second-order valence-corrected chi connectivity index (χ2v) is 8.97. The zero-order valence-electron chi connectivity index (χ0n) is 17.4. The summed E-state index contributed by atoms with van der Waals surface area (Å²) in [5.74, 6) is -2.76. The molecule has 0 unspecified atom stereocenters. The first-order valence-corrected chi connectivity index (χ1v) is 10.2. The van der Waals surface area contributed by atoms with Gasteiger partial charge in [0.05, 0.1) is 12.1 Å². The summed E-state index contributed by atoms with van der Waals surface area (Å²) >= 11 is 0. The number of ether oxygens (including phenoxy) is 2. The molecule has 1 amide bonds. The minimum Gasteiger partial charge on any atom is -0.488 e. The molecule has 4 atom stereocenters. The summed E-state index contributed by atoms with van der Waals surface area (Å²) in [6.07, 6.45) is -2.72. The average molecular weight is 430 g/mol. The monoisotopic (exact) mass is 430 g/mol. The van der Waals surface area contributed by atoms with Gasteiger partial charge in [0.15, 0.2) is 0 Å². The smallest absolute Gasteiger partial charge is 0.407 e. The van der Waals surface area contributed by atoms with Crippen molar-refractivity contribution in [3.63, 3.8) is 0 Å². The van der Waals surface area contributed by atoms with Gasteiger partial charge in [0.2, 0.25) is 0 Å². The van der Waals surface area contributed by atoms with E-state index in [4.69, 9.17) is 9.47 Å². The Hall–Kier alpha value is -2.00. The van der Waals surface area contributed by atoms with E-state index in [1.807, 2.05) is 0 Å². The molecule has 0 bridgehead atoms. The van der Waals surface area contributed by atoms with Crippen LogP contribution in [0.5, 0.6) is 5.75 Å². The molecule has 3 rings (SSSR count). The van der Waals surface area contributed by atoms with E-state index in [9.17, 15) is 23.1 Å². The van der Waals surface area contributed by atoms with Crippen LogP contribution in [0.2, 0.25) is 0 Å². The number of alkyl halides is 2. The number of carbonyl (C=O) groups is 1. The number of nitrogens with zero attached hydrogens (tertiary/aromatic N) is 1. The highest BCUT2D eigenvalue weighted by Crippen LogP contribution is 2.34. The molecular weight excluding hydrogens is 401 g/mol. The third-order valence-corrected chi connectivity index (χ3v) is 5.38. The van der Waals surface area contributed by atoms with E-state index in [0.29, 0.717) is 5.75 Å². The second kappa shape index (κ2) is 8.63. The summed E-state index contributed by atoms with van der Waals surface area (Å²) < 4.78 is 51.5. The van der Waals surface area contributed by atoms with Crippen molar-refractivity contribution < 1.29 is 32.5 Å². The Labute approximate surface area is 174 Å². The number of benzene rings is 1. The molecule has 2 aliphatic rings. The van der Waals surface area contributed by atoms with Crippen molar-refractivity contribution in [2.45, 2.75) is 75.8 Å². The summed E-state index contributed by atoms with van der Waals surface area (Å²) in [6, 6.07) is 4.25. The molecule has 168 valence electrons. The minimum atomic E-state index is -2.72. The van der Waals surface area contributed by atoms with E-state index in [-0.39, 0.29) is 32.4 Å². The van der Waals surface area contributed by atoms with Crippen molar-refractivity contribution in [1.82, 2.24) is 10.2 Å². The maximum atomic E-state index is 13.6. The van der Waals surface area contributed by atoms with Crippen molar-refractivity contribution in [2.75, 3.05) is 13.1 Å². The molecule has 1 aromatic carbocycles. The molecule has 1 aromatic rings. The number of nitrogens with one attached hydrogen (secondary N) is 1. The van der Waals surface area contributed by atoms with Gasteiger partial charge in [-0.3, -0.25) is 4.90 Å². The number of hydrogen-bond acceptors (Lipinski definition) is 5. The van der Waals surface area contributed by atoms with Crippen LogP contribution in [0.3, 0.4) is 0 Å². The van der Waals surface area contributed by atoms with Gasteiger partial charge in [-0.15, -0.1) is 0 Å². The molecular formula is C21H29F3N2O4. The lowest BCUT2D eigenvalue weighted by Gasteiger charge is -2.39. The van der Waals surface area contributed by atoms with Crippen LogP contribution in [0.15, 0.2) is 24.3 Å². The number of halogens is 3. The Kier molecular flexibility index (Phi) is 6.52. The Balaban J connectivity index is 1.74. The Morgan fingerprint density at radius 3 is 2.37 bits per heavy atom. The quantitative estimate of drug-likeness (QED) is 0.767. The Morgan fingerprint density at radius 1 is 1.20 bits per heavy atom. The molecule has 30 heavy (non-hydrogen) atoms. The molecule has 0 aromatic heterocycles. The highest BCUT2D eigenvalue weighted by Gasteiger charge is 2.49. The first-order valence-electron chi connectivity index (χ1n) is 10.2. The van der Waals surface area contributed by atoms with Crippen LogP contribution < -0.4 is 10.1 Å². The van der Waals surface area contributed by atoms with Gasteiger partial charge >= 0.3 is 6.09 Å². The molecule has 0 radical (unpaired) electrons. The average Bonchev–Trinajstić information content (AvgIpc) is 2.91. The number of aliphatic hydroxyl groups excluding tert-OH is 1. The SMILES string of the molecule is CC(C)(C)OC(=O)N[C@@H]1C[C@@H](Oc2ccc(F)cc2)[C@H](O)[C@H]1N1CCC(F)(F)CC1. The molecule has 2 fully saturated rings. The molecule has 1 aliphatic carbocycles. The van der Waals surface area contributed by atoms with Crippen molar-refractivity contribution >= 4 is 6.09 Å². The van der Waals surface area contributed by atoms with Crippen LogP contribution in [0.1, 0.15) is 40.0 Å². The molecule has 1 heterocycles. The number of piperidine rings is 1. The van der Waals surface area contributed by atoms with Crippen LogP contribution in [0.4, 0.5) is 18.0 Å². The van der Waals surface area contributed by atoms with Crippen LogP contribution in [0.25, 0.3) is 0 Å². The third kappa shape index (κ3) is 5.78. The minimum absolute atomic E-state index is 0.102. The van der Waals surface area contributed by atoms with E-state index >= 15 is 0 Å². The van der Waals surface area contributed by atoms with E-state index in [1.165, 1.54) is 24.3 Å². The molecule has 1 aliphatic heterocycles. The van der Waals surface area contributed by atoms with Crippen LogP contribution in [-0.2, 0) is 4.74 Å². The van der Waals surface area contributed by atoms with E-state index in [1.54, 1.807) is 25.7 Å². The lowest BCUT2D eigenvalue weighted by atomic mass is 10.0. The summed E-state index contributed by atoms with van der Waals surface area (Å²) in [4.78, 5) is 14.1. The predicted octanol–water partition coefficient (Wildman–Crippen LogP) is 3.33. The number of aliphatic hydroxyl groups is 1. The van der Waals surface area contributed by atoms with Crippen molar-refractivity contribution in [3.05, 3.63) is 30.1 Å². The van der Waals surface area contributed by atoms with E-state index < -0.39 is 47.7 Å². The molecule has 0 spiro atoms. The Bertz CT molecular complexity index is 729. The Morgan fingerprint density at radius 2 is 1.80 bits per heavy atom. The van der Waals surface area contributed by atoms with Crippen molar-refractivity contribution in [2.24, 2.45) is 0 Å². The molecule has 1 saturated heterocycles. The number of amides is 1. The highest BCUT2D eigenvalue weighted by molar-refractivity contribution is 5.68. The largest absolute Gasteiger partial charge is 0.488 e. The number of rotatable bonds is 4. The van der Waals surface area contributed by atoms with E-state index in [2.05, 4.69) is 5.32 Å². The zero-order valence-corrected chi connectivity index (χ0v) is 17.4. The fourth-order valence-corrected chi connectivity index (χ4v) is 4.02. The first kappa shape index (κ1) is 22.7. The lowest BCUT2D eigenvalue weighted by molar-refractivity contribution is -0.0790. The van der Waals surface area contributed by atoms with Crippen molar-refractivity contribution in [3.8, 4) is 5.75 Å². The van der Waals surface area contributed by atoms with Gasteiger partial charge in [-0.1, -0.05) is 0 Å². The molecule has 1 saturated carbocycles. The maximum absolute atomic E-state index is 13.6. The third-order valence-electron chi connectivity index (χ3n) is 5.38. The predicted molar refractivity (Wildman–Crippen MR) is 104 cm³/mol. The molecule has 2 N–H and O–H groups in total. The van der Waals surface area contributed by atoms with Gasteiger partial charge in [0, 0.05) is 32.4 Å². The highest BCUT2D eigenvalue weighted by atomic mass is 19.3. The summed E-state index contributed by atoms with van der Waals surface area (Å²) in [5.41, 5.74) is -0.700. The zero-order chi connectivity index (χ0) is 22.1. The van der Waals surface area contributed by atoms with Crippen molar-refractivity contribution in [1.29, 1.82) is 0 Å². The summed E-state index contributed by atoms with van der Waals surface area (Å²) in [5, 5.41) is 13.7. The van der Waals surface area contributed by atoms with Crippen LogP contribution in [-0.4, -0.2) is 65.0 Å². The first-order chi connectivity index (χ1) is 13.9. The second-order valence-electron chi connectivity index (χ2n) is 8.97. The normalized spacial score (nSPS) is 29.4. The standard InChI is InChI=1S/C21H29F3N2O4/c1-20(2,3)30-19(28)25-15-12-16(29-14-6-4-13(22)5-7-14)18(27)17(15)26-10-8-21(23,24)9-11-26/h4-7,15-18,27H,8-12H2,1-3H3,(H,25,28)/t15-,16-,17+,18+/m1/s1. The van der Waals surface area contributed by atoms with Gasteiger partial charge in [-0.25, -0.2) is 18.0 Å². The number of alkyl carbamates (subject to hydrolysis) is 1.